The second kappa shape index (κ2) is 8.07. The second-order valence-corrected chi connectivity index (χ2v) is 7.53. The van der Waals surface area contributed by atoms with Crippen LogP contribution in [0.5, 0.6) is 0 Å². The number of rotatable bonds is 5. The van der Waals surface area contributed by atoms with Crippen LogP contribution in [0.3, 0.4) is 0 Å². The van der Waals surface area contributed by atoms with Crippen LogP contribution in [0.15, 0.2) is 47.1 Å². The molecule has 0 saturated carbocycles. The van der Waals surface area contributed by atoms with Crippen LogP contribution in [0.2, 0.25) is 5.02 Å². The van der Waals surface area contributed by atoms with Crippen LogP contribution in [0, 0.1) is 0 Å². The largest absolute Gasteiger partial charge is 0.461 e. The standard InChI is InChI=1S/C18H16ClN5O3S/c19-12-5-3-11(4-6-12)18(26)24-10-28-9-13(24)17(25)20-8-15-21-16(23-22-15)14-2-1-7-27-14/h1-7,13H,8-10H2,(H,20,25)(H,21,22,23). The molecule has 1 aromatic carbocycles. The number of nitrogens with one attached hydrogen (secondary N) is 2. The molecule has 144 valence electrons. The summed E-state index contributed by atoms with van der Waals surface area (Å²) < 4.78 is 5.24. The number of hydrogen-bond donors (Lipinski definition) is 2. The predicted octanol–water partition coefficient (Wildman–Crippen LogP) is 2.55. The van der Waals surface area contributed by atoms with Gasteiger partial charge < -0.3 is 14.6 Å². The summed E-state index contributed by atoms with van der Waals surface area (Å²) in [5.41, 5.74) is 0.503. The van der Waals surface area contributed by atoms with E-state index in [0.29, 0.717) is 39.6 Å². The molecular weight excluding hydrogens is 402 g/mol. The third-order valence-corrected chi connectivity index (χ3v) is 5.50. The number of carbonyl (C=O) groups excluding carboxylic acids is 2. The first kappa shape index (κ1) is 18.6. The number of carbonyl (C=O) groups is 2. The summed E-state index contributed by atoms with van der Waals surface area (Å²) in [5, 5.41) is 10.2. The second-order valence-electron chi connectivity index (χ2n) is 6.10. The molecule has 1 saturated heterocycles. The highest BCUT2D eigenvalue weighted by molar-refractivity contribution is 7.99. The van der Waals surface area contributed by atoms with Gasteiger partial charge in [0.05, 0.1) is 18.7 Å². The van der Waals surface area contributed by atoms with Gasteiger partial charge in [-0.1, -0.05) is 11.6 Å². The number of thioether (sulfide) groups is 1. The number of halogens is 1. The zero-order valence-electron chi connectivity index (χ0n) is 14.6. The molecule has 1 atom stereocenters. The van der Waals surface area contributed by atoms with E-state index in [1.165, 1.54) is 18.0 Å². The SMILES string of the molecule is O=C(NCc1nc(-c2ccco2)n[nH]1)C1CSCN1C(=O)c1ccc(Cl)cc1. The third-order valence-electron chi connectivity index (χ3n) is 4.24. The van der Waals surface area contributed by atoms with Crippen LogP contribution in [-0.2, 0) is 11.3 Å². The lowest BCUT2D eigenvalue weighted by molar-refractivity contribution is -0.124. The zero-order valence-corrected chi connectivity index (χ0v) is 16.2. The Bertz CT molecular complexity index is 974. The molecule has 2 N–H and O–H groups in total. The van der Waals surface area contributed by atoms with Crippen molar-refractivity contribution in [2.75, 3.05) is 11.6 Å². The third kappa shape index (κ3) is 3.90. The maximum Gasteiger partial charge on any atom is 0.255 e. The summed E-state index contributed by atoms with van der Waals surface area (Å²) in [5.74, 6) is 2.04. The van der Waals surface area contributed by atoms with Crippen LogP contribution in [0.1, 0.15) is 16.2 Å². The minimum atomic E-state index is -0.541. The van der Waals surface area contributed by atoms with Gasteiger partial charge in [0.2, 0.25) is 11.7 Å². The number of hydrogen-bond acceptors (Lipinski definition) is 6. The van der Waals surface area contributed by atoms with E-state index in [0.717, 1.165) is 0 Å². The molecule has 1 aliphatic heterocycles. The van der Waals surface area contributed by atoms with E-state index in [4.69, 9.17) is 16.0 Å². The number of nitrogens with zero attached hydrogens (tertiary/aromatic N) is 3. The highest BCUT2D eigenvalue weighted by Crippen LogP contribution is 2.24. The first-order valence-corrected chi connectivity index (χ1v) is 10.0. The van der Waals surface area contributed by atoms with Gasteiger partial charge in [0.15, 0.2) is 5.76 Å². The molecule has 2 aromatic heterocycles. The Hall–Kier alpha value is -2.78. The fourth-order valence-corrected chi connectivity index (χ4v) is 4.08. The summed E-state index contributed by atoms with van der Waals surface area (Å²) in [6.07, 6.45) is 1.54. The highest BCUT2D eigenvalue weighted by Gasteiger charge is 2.35. The summed E-state index contributed by atoms with van der Waals surface area (Å²) in [6, 6.07) is 9.60. The van der Waals surface area contributed by atoms with Crippen molar-refractivity contribution in [2.24, 2.45) is 0 Å². The van der Waals surface area contributed by atoms with Gasteiger partial charge in [0.25, 0.3) is 5.91 Å². The lowest BCUT2D eigenvalue weighted by atomic mass is 10.1. The van der Waals surface area contributed by atoms with Gasteiger partial charge in [-0.25, -0.2) is 4.98 Å². The van der Waals surface area contributed by atoms with Gasteiger partial charge in [-0.15, -0.1) is 16.9 Å². The molecule has 4 rings (SSSR count). The van der Waals surface area contributed by atoms with Gasteiger partial charge in [-0.3, -0.25) is 14.7 Å². The molecule has 1 unspecified atom stereocenters. The molecule has 3 heterocycles. The summed E-state index contributed by atoms with van der Waals surface area (Å²) in [4.78, 5) is 31.2. The number of amides is 2. The summed E-state index contributed by atoms with van der Waals surface area (Å²) in [6.45, 7) is 0.177. The highest BCUT2D eigenvalue weighted by atomic mass is 35.5. The molecule has 0 radical (unpaired) electrons. The number of furan rings is 1. The van der Waals surface area contributed by atoms with Gasteiger partial charge in [0.1, 0.15) is 11.9 Å². The van der Waals surface area contributed by atoms with Gasteiger partial charge >= 0.3 is 0 Å². The van der Waals surface area contributed by atoms with E-state index in [1.807, 2.05) is 0 Å². The molecule has 2 amide bonds. The molecule has 1 fully saturated rings. The van der Waals surface area contributed by atoms with E-state index < -0.39 is 6.04 Å². The van der Waals surface area contributed by atoms with Crippen LogP contribution in [0.25, 0.3) is 11.6 Å². The molecule has 28 heavy (non-hydrogen) atoms. The van der Waals surface area contributed by atoms with Crippen LogP contribution in [0.4, 0.5) is 0 Å². The minimum Gasteiger partial charge on any atom is -0.461 e. The van der Waals surface area contributed by atoms with Gasteiger partial charge in [-0.05, 0) is 36.4 Å². The first-order valence-electron chi connectivity index (χ1n) is 8.49. The number of aromatic amines is 1. The van der Waals surface area contributed by atoms with Crippen molar-refractivity contribution in [2.45, 2.75) is 12.6 Å². The Morgan fingerprint density at radius 2 is 2.14 bits per heavy atom. The molecule has 0 bridgehead atoms. The molecule has 10 heteroatoms. The van der Waals surface area contributed by atoms with Crippen molar-refractivity contribution in [3.05, 3.63) is 59.1 Å². The van der Waals surface area contributed by atoms with Crippen molar-refractivity contribution >= 4 is 35.2 Å². The van der Waals surface area contributed by atoms with Gasteiger partial charge in [-0.2, -0.15) is 0 Å². The Kier molecular flexibility index (Phi) is 5.36. The lowest BCUT2D eigenvalue weighted by Gasteiger charge is -2.23. The van der Waals surface area contributed by atoms with Crippen LogP contribution in [-0.4, -0.2) is 49.6 Å². The lowest BCUT2D eigenvalue weighted by Crippen LogP contribution is -2.47. The summed E-state index contributed by atoms with van der Waals surface area (Å²) in [7, 11) is 0. The first-order chi connectivity index (χ1) is 13.6. The monoisotopic (exact) mass is 417 g/mol. The molecular formula is C18H16ClN5O3S. The van der Waals surface area contributed by atoms with Crippen molar-refractivity contribution in [1.82, 2.24) is 25.4 Å². The van der Waals surface area contributed by atoms with Crippen molar-refractivity contribution < 1.29 is 14.0 Å². The Labute approximate surface area is 169 Å². The van der Waals surface area contributed by atoms with E-state index in [9.17, 15) is 9.59 Å². The van der Waals surface area contributed by atoms with Crippen molar-refractivity contribution in [1.29, 1.82) is 0 Å². The maximum atomic E-state index is 12.7. The Morgan fingerprint density at radius 3 is 2.89 bits per heavy atom. The van der Waals surface area contributed by atoms with E-state index >= 15 is 0 Å². The number of H-pyrrole nitrogens is 1. The normalized spacial score (nSPS) is 16.3. The van der Waals surface area contributed by atoms with E-state index in [1.54, 1.807) is 41.3 Å². The van der Waals surface area contributed by atoms with E-state index in [-0.39, 0.29) is 18.4 Å². The van der Waals surface area contributed by atoms with Crippen molar-refractivity contribution in [3.8, 4) is 11.6 Å². The topological polar surface area (TPSA) is 104 Å². The molecule has 8 nitrogen and oxygen atoms in total. The Balaban J connectivity index is 1.38. The molecule has 3 aromatic rings. The smallest absolute Gasteiger partial charge is 0.255 e. The summed E-state index contributed by atoms with van der Waals surface area (Å²) >= 11 is 7.41. The number of benzene rings is 1. The average molecular weight is 418 g/mol. The maximum absolute atomic E-state index is 12.7. The fraction of sp³-hybridized carbons (Fsp3) is 0.222. The zero-order chi connectivity index (χ0) is 19.5. The van der Waals surface area contributed by atoms with Crippen LogP contribution >= 0.6 is 23.4 Å². The quantitative estimate of drug-likeness (QED) is 0.661. The minimum absolute atomic E-state index is 0.177. The average Bonchev–Trinajstić information content (AvgIpc) is 3.47. The van der Waals surface area contributed by atoms with Gasteiger partial charge in [0, 0.05) is 16.3 Å². The Morgan fingerprint density at radius 1 is 1.32 bits per heavy atom. The molecule has 0 aliphatic carbocycles. The van der Waals surface area contributed by atoms with E-state index in [2.05, 4.69) is 20.5 Å². The van der Waals surface area contributed by atoms with Crippen LogP contribution < -0.4 is 5.32 Å². The molecule has 0 spiro atoms. The number of aromatic nitrogens is 3. The predicted molar refractivity (Wildman–Crippen MR) is 105 cm³/mol. The fourth-order valence-electron chi connectivity index (χ4n) is 2.80. The van der Waals surface area contributed by atoms with Crippen molar-refractivity contribution in [3.63, 3.8) is 0 Å². The molecule has 1 aliphatic rings.